The number of carboxylic acids is 1. The summed E-state index contributed by atoms with van der Waals surface area (Å²) in [5.41, 5.74) is 8.66. The van der Waals surface area contributed by atoms with E-state index in [9.17, 15) is 19.5 Å². The molecular weight excluding hydrogens is 284 g/mol. The number of aldehydes is 1. The average Bonchev–Trinajstić information content (AvgIpc) is 2.47. The highest BCUT2D eigenvalue weighted by molar-refractivity contribution is 6.12. The van der Waals surface area contributed by atoms with Crippen LogP contribution >= 0.6 is 0 Å². The van der Waals surface area contributed by atoms with Crippen LogP contribution in [0.2, 0.25) is 0 Å². The number of benzene rings is 1. The molecule has 0 fully saturated rings. The van der Waals surface area contributed by atoms with E-state index >= 15 is 0 Å². The van der Waals surface area contributed by atoms with E-state index in [1.54, 1.807) is 30.3 Å². The van der Waals surface area contributed by atoms with E-state index in [2.05, 4.69) is 6.58 Å². The molecule has 0 aliphatic carbocycles. The maximum Gasteiger partial charge on any atom is 0.331 e. The largest absolute Gasteiger partial charge is 0.480 e. The average molecular weight is 304 g/mol. The Morgan fingerprint density at radius 3 is 2.23 bits per heavy atom. The van der Waals surface area contributed by atoms with Gasteiger partial charge >= 0.3 is 5.97 Å². The smallest absolute Gasteiger partial charge is 0.331 e. The molecule has 0 saturated heterocycles. The van der Waals surface area contributed by atoms with Gasteiger partial charge in [0.15, 0.2) is 11.3 Å². The van der Waals surface area contributed by atoms with Gasteiger partial charge in [0, 0.05) is 12.8 Å². The van der Waals surface area contributed by atoms with Gasteiger partial charge in [-0.05, 0) is 12.0 Å². The van der Waals surface area contributed by atoms with Crippen LogP contribution in [-0.4, -0.2) is 34.2 Å². The van der Waals surface area contributed by atoms with E-state index in [0.717, 1.165) is 0 Å². The van der Waals surface area contributed by atoms with Crippen LogP contribution in [-0.2, 0) is 20.8 Å². The summed E-state index contributed by atoms with van der Waals surface area (Å²) in [6.07, 6.45) is 1.18. The maximum absolute atomic E-state index is 12.7. The van der Waals surface area contributed by atoms with Crippen LogP contribution in [0.4, 0.5) is 0 Å². The Labute approximate surface area is 128 Å². The van der Waals surface area contributed by atoms with E-state index in [4.69, 9.17) is 11.5 Å². The van der Waals surface area contributed by atoms with Crippen molar-refractivity contribution in [2.75, 3.05) is 0 Å². The fourth-order valence-electron chi connectivity index (χ4n) is 2.30. The van der Waals surface area contributed by atoms with Crippen LogP contribution in [0.1, 0.15) is 18.4 Å². The van der Waals surface area contributed by atoms with Gasteiger partial charge in [-0.3, -0.25) is 4.79 Å². The van der Waals surface area contributed by atoms with Crippen molar-refractivity contribution >= 4 is 18.0 Å². The van der Waals surface area contributed by atoms with Crippen molar-refractivity contribution in [2.45, 2.75) is 30.3 Å². The van der Waals surface area contributed by atoms with E-state index < -0.39 is 22.8 Å². The highest BCUT2D eigenvalue weighted by atomic mass is 16.4. The lowest BCUT2D eigenvalue weighted by Crippen LogP contribution is -2.66. The number of carbonyl (C=O) groups is 3. The summed E-state index contributed by atoms with van der Waals surface area (Å²) in [6.45, 7) is 3.42. The standard InChI is InChI=1S/C16H20N2O4/c1-2-8-16(18,14(21)22)13(20)15(17,9-10-19)11-12-6-4-3-5-7-12/h2-7,10H,1,8-9,11,17-18H2,(H,21,22). The molecule has 0 bridgehead atoms. The zero-order valence-electron chi connectivity index (χ0n) is 12.2. The summed E-state index contributed by atoms with van der Waals surface area (Å²) in [5, 5.41) is 9.29. The molecule has 0 amide bonds. The topological polar surface area (TPSA) is 123 Å². The lowest BCUT2D eigenvalue weighted by atomic mass is 9.75. The predicted molar refractivity (Wildman–Crippen MR) is 82.1 cm³/mol. The van der Waals surface area contributed by atoms with Gasteiger partial charge in [0.2, 0.25) is 0 Å². The number of Topliss-reactive ketones (excluding diaryl/α,β-unsaturated/α-hetero) is 1. The molecule has 0 radical (unpaired) electrons. The summed E-state index contributed by atoms with van der Waals surface area (Å²) in [5.74, 6) is -2.38. The Kier molecular flexibility index (Phi) is 5.73. The molecule has 1 aromatic rings. The summed E-state index contributed by atoms with van der Waals surface area (Å²) in [7, 11) is 0. The maximum atomic E-state index is 12.7. The molecule has 6 nitrogen and oxygen atoms in total. The first kappa shape index (κ1) is 17.7. The van der Waals surface area contributed by atoms with Crippen LogP contribution in [0, 0.1) is 0 Å². The second-order valence-electron chi connectivity index (χ2n) is 5.29. The van der Waals surface area contributed by atoms with Gasteiger partial charge in [-0.25, -0.2) is 4.79 Å². The molecule has 1 rings (SSSR count). The van der Waals surface area contributed by atoms with Crippen LogP contribution in [0.3, 0.4) is 0 Å². The van der Waals surface area contributed by atoms with E-state index in [0.29, 0.717) is 11.8 Å². The number of ketones is 1. The monoisotopic (exact) mass is 304 g/mol. The lowest BCUT2D eigenvalue weighted by Gasteiger charge is -2.33. The molecular formula is C16H20N2O4. The highest BCUT2D eigenvalue weighted by Crippen LogP contribution is 2.23. The molecule has 118 valence electrons. The molecule has 22 heavy (non-hydrogen) atoms. The fourth-order valence-corrected chi connectivity index (χ4v) is 2.30. The Morgan fingerprint density at radius 1 is 1.18 bits per heavy atom. The quantitative estimate of drug-likeness (QED) is 0.345. The first-order valence-corrected chi connectivity index (χ1v) is 6.74. The minimum absolute atomic E-state index is 0.0226. The SMILES string of the molecule is C=CCC(N)(C(=O)O)C(=O)C(N)(CC=O)Cc1ccccc1. The number of nitrogens with two attached hydrogens (primary N) is 2. The summed E-state index contributed by atoms with van der Waals surface area (Å²) in [6, 6.07) is 8.80. The Balaban J connectivity index is 3.21. The minimum atomic E-state index is -2.20. The Morgan fingerprint density at radius 2 is 1.77 bits per heavy atom. The third-order valence-electron chi connectivity index (χ3n) is 3.52. The zero-order valence-corrected chi connectivity index (χ0v) is 12.2. The molecule has 0 aromatic heterocycles. The van der Waals surface area contributed by atoms with Gasteiger partial charge in [-0.15, -0.1) is 6.58 Å². The molecule has 0 spiro atoms. The molecule has 2 atom stereocenters. The number of aliphatic carboxylic acids is 1. The summed E-state index contributed by atoms with van der Waals surface area (Å²) < 4.78 is 0. The predicted octanol–water partition coefficient (Wildman–Crippen LogP) is 0.443. The van der Waals surface area contributed by atoms with E-state index in [-0.39, 0.29) is 19.3 Å². The Hall–Kier alpha value is -2.31. The van der Waals surface area contributed by atoms with Crippen molar-refractivity contribution in [3.8, 4) is 0 Å². The molecule has 0 aliphatic rings. The number of hydrogen-bond acceptors (Lipinski definition) is 5. The van der Waals surface area contributed by atoms with Gasteiger partial charge in [0.05, 0.1) is 5.54 Å². The Bertz CT molecular complexity index is 573. The van der Waals surface area contributed by atoms with Crippen LogP contribution in [0.15, 0.2) is 43.0 Å². The summed E-state index contributed by atoms with van der Waals surface area (Å²) >= 11 is 0. The summed E-state index contributed by atoms with van der Waals surface area (Å²) in [4.78, 5) is 35.0. The third-order valence-corrected chi connectivity index (χ3v) is 3.52. The first-order chi connectivity index (χ1) is 10.3. The lowest BCUT2D eigenvalue weighted by molar-refractivity contribution is -0.150. The van der Waals surface area contributed by atoms with E-state index in [1.807, 2.05) is 0 Å². The van der Waals surface area contributed by atoms with Crippen molar-refractivity contribution in [3.05, 3.63) is 48.6 Å². The molecule has 2 unspecified atom stereocenters. The van der Waals surface area contributed by atoms with E-state index in [1.165, 1.54) is 6.08 Å². The molecule has 0 heterocycles. The first-order valence-electron chi connectivity index (χ1n) is 6.74. The van der Waals surface area contributed by atoms with Gasteiger partial charge in [-0.2, -0.15) is 0 Å². The second kappa shape index (κ2) is 7.11. The highest BCUT2D eigenvalue weighted by Gasteiger charge is 2.50. The van der Waals surface area contributed by atoms with Crippen molar-refractivity contribution in [1.29, 1.82) is 0 Å². The van der Waals surface area contributed by atoms with Gasteiger partial charge in [-0.1, -0.05) is 36.4 Å². The normalized spacial score (nSPS) is 16.1. The zero-order chi connectivity index (χ0) is 16.8. The van der Waals surface area contributed by atoms with Crippen LogP contribution < -0.4 is 11.5 Å². The van der Waals surface area contributed by atoms with Crippen molar-refractivity contribution in [2.24, 2.45) is 11.5 Å². The molecule has 0 saturated carbocycles. The van der Waals surface area contributed by atoms with Crippen molar-refractivity contribution in [1.82, 2.24) is 0 Å². The van der Waals surface area contributed by atoms with Gasteiger partial charge in [0.25, 0.3) is 0 Å². The second-order valence-corrected chi connectivity index (χ2v) is 5.29. The van der Waals surface area contributed by atoms with Crippen molar-refractivity contribution in [3.63, 3.8) is 0 Å². The minimum Gasteiger partial charge on any atom is -0.480 e. The van der Waals surface area contributed by atoms with Crippen LogP contribution in [0.5, 0.6) is 0 Å². The molecule has 6 heteroatoms. The third kappa shape index (κ3) is 3.66. The number of carbonyl (C=O) groups excluding carboxylic acids is 2. The number of rotatable bonds is 9. The molecule has 5 N–H and O–H groups in total. The molecule has 0 aliphatic heterocycles. The van der Waals surface area contributed by atoms with Gasteiger partial charge in [0.1, 0.15) is 6.29 Å². The van der Waals surface area contributed by atoms with Gasteiger partial charge < -0.3 is 21.4 Å². The fraction of sp³-hybridized carbons (Fsp3) is 0.312. The number of carboxylic acid groups (broad SMARTS) is 1. The van der Waals surface area contributed by atoms with Crippen LogP contribution in [0.25, 0.3) is 0 Å². The number of hydrogen-bond donors (Lipinski definition) is 3. The van der Waals surface area contributed by atoms with Crippen molar-refractivity contribution < 1.29 is 19.5 Å². The molecule has 1 aromatic carbocycles.